The maximum atomic E-state index is 12.9. The van der Waals surface area contributed by atoms with Crippen LogP contribution in [-0.2, 0) is 11.2 Å². The first-order chi connectivity index (χ1) is 15.7. The fraction of sp³-hybridized carbons (Fsp3) is 0.462. The number of rotatable bonds is 8. The molecule has 2 aromatic rings. The molecule has 0 radical (unpaired) electrons. The first-order valence-electron chi connectivity index (χ1n) is 11.2. The molecular formula is C26H31F3N2O3. The van der Waals surface area contributed by atoms with Crippen LogP contribution in [0.4, 0.5) is 18.9 Å². The molecule has 1 heterocycles. The van der Waals surface area contributed by atoms with Crippen LogP contribution in [0.2, 0.25) is 0 Å². The minimum atomic E-state index is -4.77. The Morgan fingerprint density at radius 2 is 1.62 bits per heavy atom. The summed E-state index contributed by atoms with van der Waals surface area (Å²) in [5, 5.41) is 15.6. The summed E-state index contributed by atoms with van der Waals surface area (Å²) in [6.45, 7) is 8.14. The average molecular weight is 477 g/mol. The second-order valence-corrected chi connectivity index (χ2v) is 9.77. The van der Waals surface area contributed by atoms with E-state index in [2.05, 4.69) is 5.10 Å². The fourth-order valence-corrected chi connectivity index (χ4v) is 3.84. The summed E-state index contributed by atoms with van der Waals surface area (Å²) in [6.07, 6.45) is -5.25. The standard InChI is InChI=1S/C26H31F3N2O3/c1-17-9-13-19(14-10-17)31-23(33)24(2,3)21(30-31)8-6-7-18-11-15-20(16-12-18)34-25(4,5)22(32)26(27,28)29/h9-16,22,32H,6-8H2,1-5H3. The van der Waals surface area contributed by atoms with Crippen LogP contribution in [0.25, 0.3) is 0 Å². The quantitative estimate of drug-likeness (QED) is 0.522. The van der Waals surface area contributed by atoms with Gasteiger partial charge >= 0.3 is 6.18 Å². The number of ether oxygens (including phenoxy) is 1. The van der Waals surface area contributed by atoms with Gasteiger partial charge in [-0.05, 0) is 83.7 Å². The largest absolute Gasteiger partial charge is 0.485 e. The highest BCUT2D eigenvalue weighted by Gasteiger charge is 2.49. The summed E-state index contributed by atoms with van der Waals surface area (Å²) in [6, 6.07) is 14.4. The predicted octanol–water partition coefficient (Wildman–Crippen LogP) is 5.83. The van der Waals surface area contributed by atoms with Gasteiger partial charge in [-0.2, -0.15) is 18.3 Å². The molecule has 1 amide bonds. The minimum Gasteiger partial charge on any atom is -0.485 e. The van der Waals surface area contributed by atoms with Crippen molar-refractivity contribution in [2.45, 2.75) is 71.8 Å². The lowest BCUT2D eigenvalue weighted by Gasteiger charge is -2.32. The number of carbonyl (C=O) groups excluding carboxylic acids is 1. The van der Waals surface area contributed by atoms with Crippen molar-refractivity contribution in [1.82, 2.24) is 0 Å². The number of anilines is 1. The van der Waals surface area contributed by atoms with Gasteiger partial charge in [-0.3, -0.25) is 4.79 Å². The highest BCUT2D eigenvalue weighted by molar-refractivity contribution is 6.18. The third-order valence-electron chi connectivity index (χ3n) is 6.10. The van der Waals surface area contributed by atoms with E-state index in [-0.39, 0.29) is 11.7 Å². The molecule has 1 atom stereocenters. The van der Waals surface area contributed by atoms with E-state index in [0.717, 1.165) is 28.9 Å². The fourth-order valence-electron chi connectivity index (χ4n) is 3.84. The van der Waals surface area contributed by atoms with Crippen LogP contribution in [-0.4, -0.2) is 34.6 Å². The number of aliphatic hydroxyl groups is 1. The van der Waals surface area contributed by atoms with Gasteiger partial charge in [0.2, 0.25) is 0 Å². The molecule has 0 aromatic heterocycles. The zero-order valence-corrected chi connectivity index (χ0v) is 20.1. The van der Waals surface area contributed by atoms with Gasteiger partial charge in [-0.25, -0.2) is 5.01 Å². The predicted molar refractivity (Wildman–Crippen MR) is 126 cm³/mol. The Hall–Kier alpha value is -2.87. The van der Waals surface area contributed by atoms with Crippen molar-refractivity contribution in [3.05, 3.63) is 59.7 Å². The third kappa shape index (κ3) is 5.60. The maximum Gasteiger partial charge on any atom is 0.418 e. The Balaban J connectivity index is 1.60. The number of carbonyl (C=O) groups is 1. The van der Waals surface area contributed by atoms with E-state index in [1.807, 2.05) is 45.0 Å². The molecule has 1 aliphatic rings. The molecule has 0 spiro atoms. The van der Waals surface area contributed by atoms with Crippen LogP contribution < -0.4 is 9.75 Å². The number of aryl methyl sites for hydroxylation is 2. The van der Waals surface area contributed by atoms with Crippen molar-refractivity contribution in [3.63, 3.8) is 0 Å². The van der Waals surface area contributed by atoms with Crippen LogP contribution in [0.5, 0.6) is 5.75 Å². The molecule has 1 aliphatic heterocycles. The second kappa shape index (κ2) is 9.41. The van der Waals surface area contributed by atoms with E-state index in [1.165, 1.54) is 18.9 Å². The van der Waals surface area contributed by atoms with Crippen LogP contribution in [0.1, 0.15) is 51.7 Å². The number of hydrogen-bond acceptors (Lipinski definition) is 4. The number of aliphatic hydroxyl groups excluding tert-OH is 1. The molecule has 1 unspecified atom stereocenters. The van der Waals surface area contributed by atoms with Gasteiger partial charge in [0.15, 0.2) is 6.10 Å². The number of hydrogen-bond donors (Lipinski definition) is 1. The number of hydrazone groups is 1. The molecular weight excluding hydrogens is 445 g/mol. The summed E-state index contributed by atoms with van der Waals surface area (Å²) < 4.78 is 43.9. The number of amides is 1. The number of nitrogens with zero attached hydrogens (tertiary/aromatic N) is 2. The van der Waals surface area contributed by atoms with E-state index in [0.29, 0.717) is 12.8 Å². The van der Waals surface area contributed by atoms with Gasteiger partial charge in [0.1, 0.15) is 11.4 Å². The number of benzene rings is 2. The number of halogens is 3. The van der Waals surface area contributed by atoms with E-state index >= 15 is 0 Å². The van der Waals surface area contributed by atoms with Crippen molar-refractivity contribution in [3.8, 4) is 5.75 Å². The van der Waals surface area contributed by atoms with Crippen LogP contribution >= 0.6 is 0 Å². The third-order valence-corrected chi connectivity index (χ3v) is 6.10. The molecule has 8 heteroatoms. The van der Waals surface area contributed by atoms with Gasteiger partial charge in [-0.15, -0.1) is 0 Å². The molecule has 0 fully saturated rings. The van der Waals surface area contributed by atoms with Gasteiger partial charge in [0.05, 0.1) is 16.8 Å². The van der Waals surface area contributed by atoms with Gasteiger partial charge in [0.25, 0.3) is 5.91 Å². The number of alkyl halides is 3. The van der Waals surface area contributed by atoms with Crippen molar-refractivity contribution in [2.24, 2.45) is 10.5 Å². The van der Waals surface area contributed by atoms with E-state index in [4.69, 9.17) is 4.74 Å². The smallest absolute Gasteiger partial charge is 0.418 e. The van der Waals surface area contributed by atoms with Gasteiger partial charge < -0.3 is 9.84 Å². The normalized spacial score (nSPS) is 17.0. The summed E-state index contributed by atoms with van der Waals surface area (Å²) >= 11 is 0. The van der Waals surface area contributed by atoms with E-state index in [9.17, 15) is 23.1 Å². The second-order valence-electron chi connectivity index (χ2n) is 9.77. The highest BCUT2D eigenvalue weighted by Crippen LogP contribution is 2.35. The van der Waals surface area contributed by atoms with E-state index < -0.39 is 23.3 Å². The SMILES string of the molecule is Cc1ccc(N2N=C(CCCc3ccc(OC(C)(C)C(O)C(F)(F)F)cc3)C(C)(C)C2=O)cc1. The lowest BCUT2D eigenvalue weighted by Crippen LogP contribution is -2.50. The molecule has 184 valence electrons. The Morgan fingerprint density at radius 3 is 2.18 bits per heavy atom. The van der Waals surface area contributed by atoms with E-state index in [1.54, 1.807) is 24.3 Å². The monoisotopic (exact) mass is 476 g/mol. The zero-order valence-electron chi connectivity index (χ0n) is 20.1. The Labute approximate surface area is 198 Å². The topological polar surface area (TPSA) is 62.1 Å². The molecule has 5 nitrogen and oxygen atoms in total. The average Bonchev–Trinajstić information content (AvgIpc) is 2.98. The van der Waals surface area contributed by atoms with Crippen molar-refractivity contribution >= 4 is 17.3 Å². The first-order valence-corrected chi connectivity index (χ1v) is 11.2. The lowest BCUT2D eigenvalue weighted by atomic mass is 9.84. The molecule has 34 heavy (non-hydrogen) atoms. The molecule has 0 bridgehead atoms. The van der Waals surface area contributed by atoms with Gasteiger partial charge in [0, 0.05) is 0 Å². The summed E-state index contributed by atoms with van der Waals surface area (Å²) in [5.41, 5.74) is 1.15. The summed E-state index contributed by atoms with van der Waals surface area (Å²) in [4.78, 5) is 12.9. The van der Waals surface area contributed by atoms with Crippen molar-refractivity contribution < 1.29 is 27.8 Å². The van der Waals surface area contributed by atoms with Gasteiger partial charge in [-0.1, -0.05) is 29.8 Å². The lowest BCUT2D eigenvalue weighted by molar-refractivity contribution is -0.243. The Morgan fingerprint density at radius 1 is 1.03 bits per heavy atom. The molecule has 1 N–H and O–H groups in total. The molecule has 0 saturated carbocycles. The van der Waals surface area contributed by atoms with Crippen LogP contribution in [0.15, 0.2) is 53.6 Å². The summed E-state index contributed by atoms with van der Waals surface area (Å²) in [7, 11) is 0. The Bertz CT molecular complexity index is 1040. The molecule has 0 aliphatic carbocycles. The molecule has 0 saturated heterocycles. The highest BCUT2D eigenvalue weighted by atomic mass is 19.4. The molecule has 2 aromatic carbocycles. The van der Waals surface area contributed by atoms with Crippen molar-refractivity contribution in [2.75, 3.05) is 5.01 Å². The molecule has 3 rings (SSSR count). The first kappa shape index (κ1) is 25.7. The maximum absolute atomic E-state index is 12.9. The Kier molecular flexibility index (Phi) is 7.12. The van der Waals surface area contributed by atoms with Crippen LogP contribution in [0.3, 0.4) is 0 Å². The summed E-state index contributed by atoms with van der Waals surface area (Å²) in [5.74, 6) is 0.189. The minimum absolute atomic E-state index is 0.0588. The van der Waals surface area contributed by atoms with Crippen LogP contribution in [0, 0.1) is 12.3 Å². The van der Waals surface area contributed by atoms with Crippen molar-refractivity contribution in [1.29, 1.82) is 0 Å². The zero-order chi connectivity index (χ0) is 25.3.